The van der Waals surface area contributed by atoms with E-state index in [1.54, 1.807) is 18.6 Å². The van der Waals surface area contributed by atoms with E-state index in [-0.39, 0.29) is 18.5 Å². The van der Waals surface area contributed by atoms with E-state index in [0.717, 1.165) is 28.5 Å². The molecular weight excluding hydrogens is 354 g/mol. The molecule has 1 unspecified atom stereocenters. The van der Waals surface area contributed by atoms with Gasteiger partial charge in [0.05, 0.1) is 37.2 Å². The normalized spacial score (nSPS) is 19.5. The van der Waals surface area contributed by atoms with Crippen LogP contribution < -0.4 is 10.2 Å². The van der Waals surface area contributed by atoms with Crippen molar-refractivity contribution in [1.82, 2.24) is 25.1 Å². The molecule has 2 N–H and O–H groups in total. The van der Waals surface area contributed by atoms with E-state index in [4.69, 9.17) is 9.72 Å². The van der Waals surface area contributed by atoms with Crippen LogP contribution in [-0.4, -0.2) is 56.9 Å². The van der Waals surface area contributed by atoms with Gasteiger partial charge in [0.25, 0.3) is 0 Å². The van der Waals surface area contributed by atoms with Crippen LogP contribution in [0.4, 0.5) is 11.5 Å². The lowest BCUT2D eigenvalue weighted by Crippen LogP contribution is -2.45. The topological polar surface area (TPSA) is 109 Å². The molecule has 26 heavy (non-hydrogen) atoms. The lowest BCUT2D eigenvalue weighted by Gasteiger charge is -2.33. The lowest BCUT2D eigenvalue weighted by molar-refractivity contribution is -0.115. The number of fused-ring (bicyclic) bond motifs is 1. The van der Waals surface area contributed by atoms with E-state index in [0.29, 0.717) is 24.7 Å². The number of nitrogens with one attached hydrogen (secondary N) is 2. The van der Waals surface area contributed by atoms with Crippen LogP contribution in [0.3, 0.4) is 0 Å². The second-order valence-electron chi connectivity index (χ2n) is 6.12. The minimum atomic E-state index is -0.0625. The summed E-state index contributed by atoms with van der Waals surface area (Å²) in [6.07, 6.45) is 5.97. The monoisotopic (exact) mass is 369 g/mol. The first-order chi connectivity index (χ1) is 12.8. The first-order valence-corrected chi connectivity index (χ1v) is 9.12. The third kappa shape index (κ3) is 2.54. The number of nitrogens with zero attached hydrogens (tertiary/aromatic N) is 5. The van der Waals surface area contributed by atoms with Gasteiger partial charge in [-0.1, -0.05) is 0 Å². The largest absolute Gasteiger partial charge is 0.379 e. The van der Waals surface area contributed by atoms with Crippen LogP contribution in [0.25, 0.3) is 22.1 Å². The Morgan fingerprint density at radius 2 is 2.27 bits per heavy atom. The summed E-state index contributed by atoms with van der Waals surface area (Å²) >= 11 is 1.52. The third-order valence-corrected chi connectivity index (χ3v) is 5.29. The van der Waals surface area contributed by atoms with Gasteiger partial charge in [0.15, 0.2) is 11.6 Å². The molecule has 3 aromatic rings. The molecule has 0 aromatic carbocycles. The van der Waals surface area contributed by atoms with Gasteiger partial charge in [0, 0.05) is 18.2 Å². The molecule has 9 nitrogen and oxygen atoms in total. The zero-order chi connectivity index (χ0) is 17.5. The smallest absolute Gasteiger partial charge is 0.244 e. The highest BCUT2D eigenvalue weighted by Crippen LogP contribution is 2.34. The van der Waals surface area contributed by atoms with E-state index in [1.807, 2.05) is 10.3 Å². The molecule has 5 heterocycles. The van der Waals surface area contributed by atoms with Crippen molar-refractivity contribution >= 4 is 28.7 Å². The van der Waals surface area contributed by atoms with Crippen LogP contribution >= 0.6 is 11.3 Å². The quantitative estimate of drug-likeness (QED) is 0.721. The molecule has 2 aliphatic heterocycles. The number of aromatic nitrogens is 5. The number of carbonyl (C=O) groups is 1. The fourth-order valence-electron chi connectivity index (χ4n) is 3.26. The van der Waals surface area contributed by atoms with Gasteiger partial charge in [-0.25, -0.2) is 15.0 Å². The van der Waals surface area contributed by atoms with Gasteiger partial charge in [0.2, 0.25) is 5.91 Å². The Bertz CT molecular complexity index is 949. The van der Waals surface area contributed by atoms with Crippen LogP contribution in [0, 0.1) is 0 Å². The van der Waals surface area contributed by atoms with Crippen molar-refractivity contribution in [2.45, 2.75) is 12.5 Å². The molecule has 0 radical (unpaired) electrons. The average molecular weight is 369 g/mol. The summed E-state index contributed by atoms with van der Waals surface area (Å²) in [7, 11) is 0. The van der Waals surface area contributed by atoms with Crippen LogP contribution in [0.1, 0.15) is 6.42 Å². The van der Waals surface area contributed by atoms with E-state index in [9.17, 15) is 4.79 Å². The van der Waals surface area contributed by atoms with Crippen LogP contribution in [0.5, 0.6) is 0 Å². The molecule has 132 valence electrons. The predicted octanol–water partition coefficient (Wildman–Crippen LogP) is 1.54. The zero-order valence-electron chi connectivity index (χ0n) is 13.7. The maximum Gasteiger partial charge on any atom is 0.244 e. The summed E-state index contributed by atoms with van der Waals surface area (Å²) in [5.41, 5.74) is 2.19. The molecule has 1 atom stereocenters. The molecule has 1 fully saturated rings. The number of H-pyrrole nitrogens is 1. The number of aromatic amines is 1. The van der Waals surface area contributed by atoms with Crippen LogP contribution in [0.2, 0.25) is 0 Å². The molecule has 10 heteroatoms. The van der Waals surface area contributed by atoms with Crippen molar-refractivity contribution in [2.24, 2.45) is 0 Å². The Morgan fingerprint density at radius 3 is 3.08 bits per heavy atom. The minimum Gasteiger partial charge on any atom is -0.379 e. The van der Waals surface area contributed by atoms with E-state index >= 15 is 0 Å². The number of thiazole rings is 1. The molecule has 0 saturated carbocycles. The molecule has 0 spiro atoms. The Labute approximate surface area is 152 Å². The summed E-state index contributed by atoms with van der Waals surface area (Å²) in [5.74, 6) is 1.20. The minimum absolute atomic E-state index is 0.0625. The SMILES string of the molecule is O=C1CN(C2CCOC2)c2nc(-c3cn[nH]c3-c3nccs3)ncc2N1. The molecule has 1 amide bonds. The predicted molar refractivity (Wildman–Crippen MR) is 95.9 cm³/mol. The third-order valence-electron chi connectivity index (χ3n) is 4.50. The van der Waals surface area contributed by atoms with Crippen molar-refractivity contribution in [3.63, 3.8) is 0 Å². The molecule has 0 aliphatic carbocycles. The van der Waals surface area contributed by atoms with Gasteiger partial charge < -0.3 is 15.0 Å². The first kappa shape index (κ1) is 15.4. The summed E-state index contributed by atoms with van der Waals surface area (Å²) in [4.78, 5) is 27.6. The number of ether oxygens (including phenoxy) is 1. The summed E-state index contributed by atoms with van der Waals surface area (Å²) in [6.45, 7) is 1.57. The number of hydrogen-bond donors (Lipinski definition) is 2. The molecule has 1 saturated heterocycles. The Morgan fingerprint density at radius 1 is 1.31 bits per heavy atom. The number of hydrogen-bond acceptors (Lipinski definition) is 8. The highest BCUT2D eigenvalue weighted by atomic mass is 32.1. The van der Waals surface area contributed by atoms with Crippen molar-refractivity contribution in [2.75, 3.05) is 30.0 Å². The van der Waals surface area contributed by atoms with E-state index in [1.165, 1.54) is 11.3 Å². The van der Waals surface area contributed by atoms with Gasteiger partial charge in [-0.2, -0.15) is 5.10 Å². The van der Waals surface area contributed by atoms with Crippen molar-refractivity contribution in [1.29, 1.82) is 0 Å². The summed E-state index contributed by atoms with van der Waals surface area (Å²) < 4.78 is 5.49. The fraction of sp³-hybridized carbons (Fsp3) is 0.312. The Balaban J connectivity index is 1.58. The fourth-order valence-corrected chi connectivity index (χ4v) is 3.91. The van der Waals surface area contributed by atoms with Gasteiger partial charge in [-0.05, 0) is 6.42 Å². The number of amides is 1. The summed E-state index contributed by atoms with van der Waals surface area (Å²) in [6, 6.07) is 0.144. The van der Waals surface area contributed by atoms with Crippen molar-refractivity contribution in [3.05, 3.63) is 24.0 Å². The highest BCUT2D eigenvalue weighted by Gasteiger charge is 2.32. The first-order valence-electron chi connectivity index (χ1n) is 8.24. The van der Waals surface area contributed by atoms with Crippen LogP contribution in [-0.2, 0) is 9.53 Å². The van der Waals surface area contributed by atoms with Gasteiger partial charge in [0.1, 0.15) is 16.4 Å². The highest BCUT2D eigenvalue weighted by molar-refractivity contribution is 7.13. The second kappa shape index (κ2) is 6.15. The van der Waals surface area contributed by atoms with E-state index in [2.05, 4.69) is 25.5 Å². The van der Waals surface area contributed by atoms with Gasteiger partial charge in [-0.3, -0.25) is 9.89 Å². The maximum atomic E-state index is 12.0. The number of carbonyl (C=O) groups excluding carboxylic acids is 1. The lowest BCUT2D eigenvalue weighted by atomic mass is 10.1. The molecule has 5 rings (SSSR count). The molecule has 0 bridgehead atoms. The average Bonchev–Trinajstić information content (AvgIpc) is 3.42. The number of rotatable bonds is 3. The molecular formula is C16H15N7O2S. The van der Waals surface area contributed by atoms with Crippen LogP contribution in [0.15, 0.2) is 24.0 Å². The maximum absolute atomic E-state index is 12.0. The molecule has 2 aliphatic rings. The van der Waals surface area contributed by atoms with Crippen molar-refractivity contribution in [3.8, 4) is 22.1 Å². The Hall–Kier alpha value is -2.85. The number of anilines is 2. The molecule has 3 aromatic heterocycles. The van der Waals surface area contributed by atoms with Crippen molar-refractivity contribution < 1.29 is 9.53 Å². The second-order valence-corrected chi connectivity index (χ2v) is 7.01. The van der Waals surface area contributed by atoms with Gasteiger partial charge in [-0.15, -0.1) is 11.3 Å². The standard InChI is InChI=1S/C16H15N7O2S/c24-12-7-23(9-1-3-25-8-9)15-11(20-12)6-18-14(21-15)10-5-19-22-13(10)16-17-2-4-26-16/h2,4-6,9H,1,3,7-8H2,(H,19,22)(H,20,24). The van der Waals surface area contributed by atoms with Gasteiger partial charge >= 0.3 is 0 Å². The Kier molecular flexibility index (Phi) is 3.64. The zero-order valence-corrected chi connectivity index (χ0v) is 14.5. The van der Waals surface area contributed by atoms with E-state index < -0.39 is 0 Å². The summed E-state index contributed by atoms with van der Waals surface area (Å²) in [5, 5.41) is 12.7.